The van der Waals surface area contributed by atoms with E-state index in [-0.39, 0.29) is 0 Å². The molecule has 0 atom stereocenters. The molecule has 1 aliphatic heterocycles. The Balaban J connectivity index is 2.09. The molecule has 0 spiro atoms. The third-order valence-electron chi connectivity index (χ3n) is 2.24. The molecule has 1 N–H and O–H groups in total. The van der Waals surface area contributed by atoms with Crippen molar-refractivity contribution in [3.8, 4) is 0 Å². The molecule has 0 saturated carbocycles. The normalized spacial score (nSPS) is 18.2. The molecule has 1 saturated heterocycles. The summed E-state index contributed by atoms with van der Waals surface area (Å²) in [6, 6.07) is 0. The van der Waals surface area contributed by atoms with Crippen LogP contribution in [0.1, 0.15) is 11.3 Å². The molecule has 0 bridgehead atoms. The molecule has 0 unspecified atom stereocenters. The van der Waals surface area contributed by atoms with Crippen molar-refractivity contribution in [2.45, 2.75) is 13.0 Å². The molecule has 0 aliphatic carbocycles. The van der Waals surface area contributed by atoms with Crippen LogP contribution in [0.4, 0.5) is 0 Å². The van der Waals surface area contributed by atoms with Crippen molar-refractivity contribution in [2.24, 2.45) is 5.10 Å². The van der Waals surface area contributed by atoms with Crippen LogP contribution in [0.15, 0.2) is 11.3 Å². The molecule has 1 aromatic heterocycles. The number of halogens is 1. The van der Waals surface area contributed by atoms with E-state index in [4.69, 9.17) is 11.6 Å². The van der Waals surface area contributed by atoms with E-state index < -0.39 is 5.03 Å². The minimum absolute atomic E-state index is 0.297. The van der Waals surface area contributed by atoms with Crippen molar-refractivity contribution in [1.82, 2.24) is 15.2 Å². The van der Waals surface area contributed by atoms with Gasteiger partial charge in [-0.3, -0.25) is 0 Å². The number of nitrogens with one attached hydrogen (secondary N) is 1. The Labute approximate surface area is 106 Å². The topological polar surface area (TPSA) is 83.7 Å². The van der Waals surface area contributed by atoms with E-state index in [9.17, 15) is 10.1 Å². The van der Waals surface area contributed by atoms with Gasteiger partial charge in [0.15, 0.2) is 9.50 Å². The van der Waals surface area contributed by atoms with Crippen LogP contribution in [-0.2, 0) is 6.54 Å². The number of guanidine groups is 1. The van der Waals surface area contributed by atoms with Gasteiger partial charge in [0, 0.05) is 24.2 Å². The number of hydrogen-bond acceptors (Lipinski definition) is 4. The van der Waals surface area contributed by atoms with E-state index >= 15 is 0 Å². The van der Waals surface area contributed by atoms with Crippen molar-refractivity contribution in [2.75, 3.05) is 13.1 Å². The molecule has 1 aliphatic rings. The van der Waals surface area contributed by atoms with Gasteiger partial charge in [0.05, 0.1) is 6.54 Å². The van der Waals surface area contributed by atoms with Crippen LogP contribution in [0.3, 0.4) is 0 Å². The Kier molecular flexibility index (Phi) is 3.75. The Hall–Kier alpha value is -1.41. The molecule has 7 nitrogen and oxygen atoms in total. The van der Waals surface area contributed by atoms with Gasteiger partial charge >= 0.3 is 0 Å². The van der Waals surface area contributed by atoms with Crippen LogP contribution in [0.5, 0.6) is 0 Å². The van der Waals surface area contributed by atoms with Gasteiger partial charge in [-0.1, -0.05) is 11.6 Å². The van der Waals surface area contributed by atoms with Gasteiger partial charge < -0.3 is 10.2 Å². The number of hydrazone groups is 1. The lowest BCUT2D eigenvalue weighted by Gasteiger charge is -2.28. The Bertz CT molecular complexity index is 449. The number of nitro groups is 1. The predicted octanol–water partition coefficient (Wildman–Crippen LogP) is 1.14. The van der Waals surface area contributed by atoms with Gasteiger partial charge in [0.25, 0.3) is 5.96 Å². The van der Waals surface area contributed by atoms with Crippen LogP contribution in [-0.4, -0.2) is 34.0 Å². The van der Waals surface area contributed by atoms with Crippen molar-refractivity contribution in [3.63, 3.8) is 0 Å². The zero-order chi connectivity index (χ0) is 12.3. The first kappa shape index (κ1) is 12.1. The summed E-state index contributed by atoms with van der Waals surface area (Å²) in [7, 11) is 0. The van der Waals surface area contributed by atoms with Gasteiger partial charge in [-0.05, 0) is 6.42 Å². The third kappa shape index (κ3) is 3.27. The predicted molar refractivity (Wildman–Crippen MR) is 64.6 cm³/mol. The first-order valence-corrected chi connectivity index (χ1v) is 6.16. The van der Waals surface area contributed by atoms with E-state index in [0.29, 0.717) is 23.5 Å². The van der Waals surface area contributed by atoms with Gasteiger partial charge in [0.2, 0.25) is 0 Å². The van der Waals surface area contributed by atoms with E-state index in [0.717, 1.165) is 17.8 Å². The van der Waals surface area contributed by atoms with Crippen LogP contribution in [0, 0.1) is 10.1 Å². The van der Waals surface area contributed by atoms with E-state index in [1.165, 1.54) is 11.3 Å². The van der Waals surface area contributed by atoms with Crippen LogP contribution < -0.4 is 5.32 Å². The summed E-state index contributed by atoms with van der Waals surface area (Å²) < 4.78 is 0.470. The van der Waals surface area contributed by atoms with Crippen molar-refractivity contribution < 1.29 is 5.03 Å². The summed E-state index contributed by atoms with van der Waals surface area (Å²) >= 11 is 7.10. The minimum Gasteiger partial charge on any atom is -0.351 e. The highest BCUT2D eigenvalue weighted by atomic mass is 35.5. The summed E-state index contributed by atoms with van der Waals surface area (Å²) in [6.07, 6.45) is 2.59. The van der Waals surface area contributed by atoms with Crippen molar-refractivity contribution >= 4 is 28.9 Å². The van der Waals surface area contributed by atoms with E-state index in [1.807, 2.05) is 4.90 Å². The number of aromatic nitrogens is 1. The molecule has 0 aromatic carbocycles. The highest BCUT2D eigenvalue weighted by Crippen LogP contribution is 2.19. The first-order chi connectivity index (χ1) is 8.15. The maximum atomic E-state index is 10.4. The average Bonchev–Trinajstić information content (AvgIpc) is 2.66. The molecule has 2 rings (SSSR count). The average molecular weight is 276 g/mol. The van der Waals surface area contributed by atoms with Gasteiger partial charge in [-0.15, -0.1) is 11.3 Å². The highest BCUT2D eigenvalue weighted by molar-refractivity contribution is 7.15. The summed E-state index contributed by atoms with van der Waals surface area (Å²) in [5, 5.41) is 15.9. The number of nitrogens with zero attached hydrogens (tertiary/aromatic N) is 4. The lowest BCUT2D eigenvalue weighted by molar-refractivity contribution is -0.486. The molecule has 17 heavy (non-hydrogen) atoms. The SMILES string of the molecule is O=[N+]([O-])N=C1NCCCN1Cc1cnc(Cl)s1. The largest absolute Gasteiger partial charge is 0.351 e. The van der Waals surface area contributed by atoms with E-state index in [1.54, 1.807) is 6.20 Å². The Morgan fingerprint density at radius 3 is 3.24 bits per heavy atom. The van der Waals surface area contributed by atoms with Gasteiger partial charge in [-0.2, -0.15) is 0 Å². The molecule has 2 heterocycles. The highest BCUT2D eigenvalue weighted by Gasteiger charge is 2.20. The number of thiazole rings is 1. The molecule has 9 heteroatoms. The zero-order valence-corrected chi connectivity index (χ0v) is 10.4. The molecule has 1 fully saturated rings. The minimum atomic E-state index is -0.694. The second-order valence-electron chi connectivity index (χ2n) is 3.44. The molecule has 92 valence electrons. The fourth-order valence-corrected chi connectivity index (χ4v) is 2.56. The summed E-state index contributed by atoms with van der Waals surface area (Å²) in [4.78, 5) is 17.1. The number of rotatable bonds is 3. The fraction of sp³-hybridized carbons (Fsp3) is 0.500. The van der Waals surface area contributed by atoms with Gasteiger partial charge in [0.1, 0.15) is 5.10 Å². The lowest BCUT2D eigenvalue weighted by Crippen LogP contribution is -2.47. The molecule has 0 radical (unpaired) electrons. The quantitative estimate of drug-likeness (QED) is 0.661. The van der Waals surface area contributed by atoms with Crippen molar-refractivity contribution in [1.29, 1.82) is 0 Å². The molecule has 1 aromatic rings. The Morgan fingerprint density at radius 1 is 1.76 bits per heavy atom. The monoisotopic (exact) mass is 275 g/mol. The number of hydrogen-bond donors (Lipinski definition) is 1. The zero-order valence-electron chi connectivity index (χ0n) is 8.80. The van der Waals surface area contributed by atoms with Gasteiger partial charge in [-0.25, -0.2) is 15.1 Å². The first-order valence-electron chi connectivity index (χ1n) is 4.97. The molecular formula is C8H10ClN5O2S. The lowest BCUT2D eigenvalue weighted by atomic mass is 10.3. The van der Waals surface area contributed by atoms with E-state index in [2.05, 4.69) is 15.4 Å². The standard InChI is InChI=1S/C8H10ClN5O2S/c9-7-11-4-6(17-7)5-13-3-1-2-10-8(13)12-14(15)16/h4H,1-3,5H2,(H,10,12). The Morgan fingerprint density at radius 2 is 2.59 bits per heavy atom. The summed E-state index contributed by atoms with van der Waals surface area (Å²) in [6.45, 7) is 1.96. The molecule has 0 amide bonds. The fourth-order valence-electron chi connectivity index (χ4n) is 1.56. The maximum absolute atomic E-state index is 10.4. The second kappa shape index (κ2) is 5.28. The maximum Gasteiger partial charge on any atom is 0.271 e. The molecular weight excluding hydrogens is 266 g/mol. The van der Waals surface area contributed by atoms with Crippen LogP contribution in [0.25, 0.3) is 0 Å². The summed E-state index contributed by atoms with van der Waals surface area (Å²) in [5.41, 5.74) is 0. The smallest absolute Gasteiger partial charge is 0.271 e. The van der Waals surface area contributed by atoms with Crippen LogP contribution >= 0.6 is 22.9 Å². The second-order valence-corrected chi connectivity index (χ2v) is 5.14. The van der Waals surface area contributed by atoms with Crippen LogP contribution in [0.2, 0.25) is 4.47 Å². The van der Waals surface area contributed by atoms with Crippen molar-refractivity contribution in [3.05, 3.63) is 25.7 Å². The summed E-state index contributed by atoms with van der Waals surface area (Å²) in [5.74, 6) is 0.297. The third-order valence-corrected chi connectivity index (χ3v) is 3.34.